The van der Waals surface area contributed by atoms with Crippen LogP contribution < -0.4 is 5.73 Å². The van der Waals surface area contributed by atoms with Gasteiger partial charge in [0, 0.05) is 12.1 Å². The molecule has 5 nitrogen and oxygen atoms in total. The monoisotopic (exact) mass is 229 g/mol. The lowest BCUT2D eigenvalue weighted by molar-refractivity contribution is -0.192. The van der Waals surface area contributed by atoms with Crippen LogP contribution in [0.4, 0.5) is 13.2 Å². The quantitative estimate of drug-likeness (QED) is 0.525. The summed E-state index contributed by atoms with van der Waals surface area (Å²) in [5.41, 5.74) is 5.35. The molecule has 0 heterocycles. The Kier molecular flexibility index (Phi) is 7.22. The number of hydrogen-bond acceptors (Lipinski definition) is 4. The summed E-state index contributed by atoms with van der Waals surface area (Å²) in [6, 6.07) is 0. The molecule has 88 valence electrons. The molecule has 0 aliphatic rings. The van der Waals surface area contributed by atoms with Crippen molar-refractivity contribution >= 4 is 11.9 Å². The minimum absolute atomic E-state index is 0.159. The summed E-state index contributed by atoms with van der Waals surface area (Å²) in [5, 5.41) is 7.12. The number of carboxylic acids is 1. The highest BCUT2D eigenvalue weighted by molar-refractivity contribution is 5.87. The van der Waals surface area contributed by atoms with Crippen LogP contribution in [-0.4, -0.2) is 36.9 Å². The molecule has 0 bridgehead atoms. The maximum atomic E-state index is 10.6. The maximum Gasteiger partial charge on any atom is 0.490 e. The van der Waals surface area contributed by atoms with Gasteiger partial charge in [0.1, 0.15) is 0 Å². The molecule has 0 saturated carbocycles. The summed E-state index contributed by atoms with van der Waals surface area (Å²) in [7, 11) is 1.29. The van der Waals surface area contributed by atoms with E-state index in [-0.39, 0.29) is 6.54 Å². The summed E-state index contributed by atoms with van der Waals surface area (Å²) < 4.78 is 36.0. The SMILES string of the molecule is C=C(CN)C(=O)OC.O=C(O)C(F)(F)F. The van der Waals surface area contributed by atoms with Gasteiger partial charge in [0.25, 0.3) is 0 Å². The van der Waals surface area contributed by atoms with Crippen LogP contribution in [0.5, 0.6) is 0 Å². The minimum atomic E-state index is -5.08. The van der Waals surface area contributed by atoms with Crippen LogP contribution in [-0.2, 0) is 14.3 Å². The molecule has 0 saturated heterocycles. The van der Waals surface area contributed by atoms with Crippen LogP contribution in [0.15, 0.2) is 12.2 Å². The molecule has 0 aliphatic heterocycles. The van der Waals surface area contributed by atoms with Gasteiger partial charge in [-0.2, -0.15) is 13.2 Å². The van der Waals surface area contributed by atoms with Gasteiger partial charge in [0.05, 0.1) is 7.11 Å². The molecule has 0 radical (unpaired) electrons. The molecule has 0 amide bonds. The molecule has 0 aliphatic carbocycles. The van der Waals surface area contributed by atoms with Crippen LogP contribution in [0.3, 0.4) is 0 Å². The van der Waals surface area contributed by atoms with E-state index in [9.17, 15) is 18.0 Å². The highest BCUT2D eigenvalue weighted by Gasteiger charge is 2.38. The van der Waals surface area contributed by atoms with Crippen molar-refractivity contribution in [3.63, 3.8) is 0 Å². The third-order valence-electron chi connectivity index (χ3n) is 0.963. The number of hydrogen-bond donors (Lipinski definition) is 2. The molecule has 3 N–H and O–H groups in total. The van der Waals surface area contributed by atoms with E-state index in [1.54, 1.807) is 0 Å². The summed E-state index contributed by atoms with van der Waals surface area (Å²) in [4.78, 5) is 19.2. The molecule has 0 spiro atoms. The Hall–Kier alpha value is -1.57. The zero-order chi connectivity index (χ0) is 12.6. The molecule has 0 aromatic rings. The minimum Gasteiger partial charge on any atom is -0.475 e. The lowest BCUT2D eigenvalue weighted by Crippen LogP contribution is -2.21. The van der Waals surface area contributed by atoms with E-state index in [0.717, 1.165) is 0 Å². The number of aliphatic carboxylic acids is 1. The molecular weight excluding hydrogens is 219 g/mol. The summed E-state index contributed by atoms with van der Waals surface area (Å²) in [5.74, 6) is -3.19. The molecule has 0 atom stereocenters. The summed E-state index contributed by atoms with van der Waals surface area (Å²) >= 11 is 0. The number of alkyl halides is 3. The molecule has 0 aromatic heterocycles. The van der Waals surface area contributed by atoms with Crippen molar-refractivity contribution in [3.8, 4) is 0 Å². The van der Waals surface area contributed by atoms with Crippen molar-refractivity contribution in [1.82, 2.24) is 0 Å². The number of carboxylic acid groups (broad SMARTS) is 1. The van der Waals surface area contributed by atoms with E-state index in [2.05, 4.69) is 11.3 Å². The highest BCUT2D eigenvalue weighted by Crippen LogP contribution is 2.13. The molecule has 8 heteroatoms. The summed E-state index contributed by atoms with van der Waals surface area (Å²) in [6.45, 7) is 3.50. The summed E-state index contributed by atoms with van der Waals surface area (Å²) in [6.07, 6.45) is -5.08. The third kappa shape index (κ3) is 8.75. The van der Waals surface area contributed by atoms with E-state index in [1.165, 1.54) is 7.11 Å². The molecule has 0 aromatic carbocycles. The Balaban J connectivity index is 0. The number of halogens is 3. The van der Waals surface area contributed by atoms with Gasteiger partial charge < -0.3 is 15.6 Å². The van der Waals surface area contributed by atoms with Crippen LogP contribution >= 0.6 is 0 Å². The average Bonchev–Trinajstić information content (AvgIpc) is 2.14. The number of esters is 1. The molecular formula is C7H10F3NO4. The first-order chi connectivity index (χ1) is 6.66. The van der Waals surface area contributed by atoms with Crippen molar-refractivity contribution in [2.45, 2.75) is 6.18 Å². The van der Waals surface area contributed by atoms with Gasteiger partial charge in [-0.05, 0) is 0 Å². The van der Waals surface area contributed by atoms with Gasteiger partial charge in [-0.15, -0.1) is 0 Å². The smallest absolute Gasteiger partial charge is 0.475 e. The zero-order valence-corrected chi connectivity index (χ0v) is 7.80. The average molecular weight is 229 g/mol. The fourth-order valence-electron chi connectivity index (χ4n) is 0.228. The lowest BCUT2D eigenvalue weighted by Gasteiger charge is -1.96. The molecule has 0 unspecified atom stereocenters. The Bertz CT molecular complexity index is 235. The normalized spacial score (nSPS) is 9.67. The molecule has 15 heavy (non-hydrogen) atoms. The topological polar surface area (TPSA) is 89.6 Å². The first-order valence-electron chi connectivity index (χ1n) is 3.43. The number of nitrogens with two attached hydrogens (primary N) is 1. The Morgan fingerprint density at radius 1 is 1.47 bits per heavy atom. The largest absolute Gasteiger partial charge is 0.490 e. The number of ether oxygens (including phenoxy) is 1. The van der Waals surface area contributed by atoms with Gasteiger partial charge in [-0.25, -0.2) is 9.59 Å². The van der Waals surface area contributed by atoms with E-state index in [4.69, 9.17) is 15.6 Å². The fraction of sp³-hybridized carbons (Fsp3) is 0.429. The van der Waals surface area contributed by atoms with Crippen LogP contribution in [0.25, 0.3) is 0 Å². The van der Waals surface area contributed by atoms with Crippen molar-refractivity contribution in [2.75, 3.05) is 13.7 Å². The number of carbonyl (C=O) groups excluding carboxylic acids is 1. The Labute approximate surface area is 83.3 Å². The van der Waals surface area contributed by atoms with Gasteiger partial charge in [-0.3, -0.25) is 0 Å². The standard InChI is InChI=1S/C5H9NO2.C2HF3O2/c1-4(3-6)5(7)8-2;3-2(4,5)1(6)7/h1,3,6H2,2H3;(H,6,7). The first-order valence-corrected chi connectivity index (χ1v) is 3.43. The van der Waals surface area contributed by atoms with Crippen molar-refractivity contribution in [1.29, 1.82) is 0 Å². The molecule has 0 fully saturated rings. The number of rotatable bonds is 2. The van der Waals surface area contributed by atoms with Gasteiger partial charge >= 0.3 is 18.1 Å². The third-order valence-corrected chi connectivity index (χ3v) is 0.963. The second-order valence-corrected chi connectivity index (χ2v) is 2.10. The van der Waals surface area contributed by atoms with Crippen molar-refractivity contribution in [2.24, 2.45) is 5.73 Å². The number of carbonyl (C=O) groups is 2. The van der Waals surface area contributed by atoms with E-state index >= 15 is 0 Å². The van der Waals surface area contributed by atoms with E-state index < -0.39 is 18.1 Å². The Morgan fingerprint density at radius 3 is 1.87 bits per heavy atom. The maximum absolute atomic E-state index is 10.6. The highest BCUT2D eigenvalue weighted by atomic mass is 19.4. The van der Waals surface area contributed by atoms with Crippen LogP contribution in [0, 0.1) is 0 Å². The predicted octanol–water partition coefficient (Wildman–Crippen LogP) is 0.308. The van der Waals surface area contributed by atoms with Crippen molar-refractivity contribution < 1.29 is 32.6 Å². The lowest BCUT2D eigenvalue weighted by atomic mass is 10.3. The zero-order valence-electron chi connectivity index (χ0n) is 7.80. The van der Waals surface area contributed by atoms with Crippen molar-refractivity contribution in [3.05, 3.63) is 12.2 Å². The second kappa shape index (κ2) is 6.82. The van der Waals surface area contributed by atoms with Gasteiger partial charge in [-0.1, -0.05) is 6.58 Å². The van der Waals surface area contributed by atoms with E-state index in [0.29, 0.717) is 5.57 Å². The van der Waals surface area contributed by atoms with Gasteiger partial charge in [0.2, 0.25) is 0 Å². The van der Waals surface area contributed by atoms with E-state index in [1.807, 2.05) is 0 Å². The van der Waals surface area contributed by atoms with Crippen LogP contribution in [0.1, 0.15) is 0 Å². The van der Waals surface area contributed by atoms with Crippen LogP contribution in [0.2, 0.25) is 0 Å². The number of methoxy groups -OCH3 is 1. The predicted molar refractivity (Wildman–Crippen MR) is 43.9 cm³/mol. The first kappa shape index (κ1) is 15.9. The molecule has 0 rings (SSSR count). The second-order valence-electron chi connectivity index (χ2n) is 2.10. The fourth-order valence-corrected chi connectivity index (χ4v) is 0.228. The van der Waals surface area contributed by atoms with Gasteiger partial charge in [0.15, 0.2) is 0 Å². The Morgan fingerprint density at radius 2 is 1.80 bits per heavy atom.